The largest absolute Gasteiger partial charge is 0.508 e. The van der Waals surface area contributed by atoms with E-state index < -0.39 is 29.7 Å². The summed E-state index contributed by atoms with van der Waals surface area (Å²) in [6.07, 6.45) is 11.7. The number of amides is 3. The smallest absolute Gasteiger partial charge is 0.408 e. The molecule has 0 aliphatic rings. The molecule has 44 heavy (non-hydrogen) atoms. The van der Waals surface area contributed by atoms with E-state index >= 15 is 0 Å². The number of hydrogen-bond donors (Lipinski definition) is 3. The number of carbonyl (C=O) groups is 3. The molecule has 2 aromatic rings. The standard InChI is InChI=1S/C36H51N3O5/c1-8-11-12-13-16-24-39(32(33(41)37-26(4)17-9-2)30-19-15-14-18-28(30)10-3)34(42)31(38-35(43)44-36(5,6)7)25-27-20-22-29(40)23-21-27/h3,14-15,18-23,26,31-32,40H,8-9,11-13,16-17,24-25H2,1-2,4-7H3,(H,37,41)(H,38,43). The average Bonchev–Trinajstić information content (AvgIpc) is 2.96. The monoisotopic (exact) mass is 605 g/mol. The van der Waals surface area contributed by atoms with Crippen molar-refractivity contribution < 1.29 is 24.2 Å². The molecule has 0 saturated carbocycles. The predicted molar refractivity (Wildman–Crippen MR) is 175 cm³/mol. The number of terminal acetylenes is 1. The number of unbranched alkanes of at least 4 members (excludes halogenated alkanes) is 4. The van der Waals surface area contributed by atoms with Gasteiger partial charge in [0.2, 0.25) is 11.8 Å². The maximum atomic E-state index is 14.6. The molecular weight excluding hydrogens is 554 g/mol. The highest BCUT2D eigenvalue weighted by Gasteiger charge is 2.37. The molecule has 0 aliphatic heterocycles. The number of nitrogens with one attached hydrogen (secondary N) is 2. The van der Waals surface area contributed by atoms with Crippen LogP contribution in [0, 0.1) is 12.3 Å². The van der Waals surface area contributed by atoms with Gasteiger partial charge in [-0.15, -0.1) is 6.42 Å². The Morgan fingerprint density at radius 1 is 0.955 bits per heavy atom. The van der Waals surface area contributed by atoms with Gasteiger partial charge in [-0.1, -0.05) is 82.2 Å². The number of alkyl carbamates (subject to hydrolysis) is 1. The van der Waals surface area contributed by atoms with E-state index in [-0.39, 0.29) is 24.1 Å². The third-order valence-corrected chi connectivity index (χ3v) is 7.23. The quantitative estimate of drug-likeness (QED) is 0.147. The Morgan fingerprint density at radius 2 is 1.61 bits per heavy atom. The summed E-state index contributed by atoms with van der Waals surface area (Å²) in [4.78, 5) is 43.3. The molecule has 240 valence electrons. The fourth-order valence-corrected chi connectivity index (χ4v) is 5.11. The van der Waals surface area contributed by atoms with Crippen LogP contribution in [-0.2, 0) is 20.7 Å². The van der Waals surface area contributed by atoms with Gasteiger partial charge in [0.15, 0.2) is 0 Å². The van der Waals surface area contributed by atoms with Crippen molar-refractivity contribution in [1.29, 1.82) is 0 Å². The maximum Gasteiger partial charge on any atom is 0.408 e. The van der Waals surface area contributed by atoms with Gasteiger partial charge in [-0.3, -0.25) is 9.59 Å². The minimum atomic E-state index is -1.05. The molecule has 2 aromatic carbocycles. The van der Waals surface area contributed by atoms with Crippen molar-refractivity contribution in [2.24, 2.45) is 0 Å². The normalized spacial score (nSPS) is 13.2. The maximum absolute atomic E-state index is 14.6. The highest BCUT2D eigenvalue weighted by molar-refractivity contribution is 5.92. The van der Waals surface area contributed by atoms with E-state index in [9.17, 15) is 19.5 Å². The SMILES string of the molecule is C#Cc1ccccc1C(C(=O)NC(C)CCC)N(CCCCCCC)C(=O)C(Cc1ccc(O)cc1)NC(=O)OC(C)(C)C. The van der Waals surface area contributed by atoms with E-state index in [1.165, 1.54) is 12.1 Å². The summed E-state index contributed by atoms with van der Waals surface area (Å²) < 4.78 is 5.52. The van der Waals surface area contributed by atoms with Crippen LogP contribution in [0.2, 0.25) is 0 Å². The van der Waals surface area contributed by atoms with Gasteiger partial charge in [-0.05, 0) is 69.9 Å². The molecule has 0 radical (unpaired) electrons. The first-order chi connectivity index (χ1) is 20.9. The lowest BCUT2D eigenvalue weighted by Gasteiger charge is -2.35. The van der Waals surface area contributed by atoms with Crippen LogP contribution in [0.25, 0.3) is 0 Å². The molecule has 2 rings (SSSR count). The second-order valence-corrected chi connectivity index (χ2v) is 12.3. The van der Waals surface area contributed by atoms with Gasteiger partial charge in [-0.2, -0.15) is 0 Å². The minimum absolute atomic E-state index is 0.0919. The second kappa shape index (κ2) is 18.0. The van der Waals surface area contributed by atoms with Crippen molar-refractivity contribution >= 4 is 17.9 Å². The first-order valence-corrected chi connectivity index (χ1v) is 15.8. The number of aromatic hydroxyl groups is 1. The van der Waals surface area contributed by atoms with E-state index in [4.69, 9.17) is 11.2 Å². The summed E-state index contributed by atoms with van der Waals surface area (Å²) in [5, 5.41) is 15.7. The van der Waals surface area contributed by atoms with E-state index in [1.54, 1.807) is 49.9 Å². The van der Waals surface area contributed by atoms with Crippen LogP contribution in [0.4, 0.5) is 4.79 Å². The molecule has 3 atom stereocenters. The highest BCUT2D eigenvalue weighted by Crippen LogP contribution is 2.27. The highest BCUT2D eigenvalue weighted by atomic mass is 16.6. The van der Waals surface area contributed by atoms with Gasteiger partial charge in [-0.25, -0.2) is 4.79 Å². The zero-order valence-corrected chi connectivity index (χ0v) is 27.3. The van der Waals surface area contributed by atoms with Crippen molar-refractivity contribution in [3.05, 3.63) is 65.2 Å². The fourth-order valence-electron chi connectivity index (χ4n) is 5.11. The van der Waals surface area contributed by atoms with Gasteiger partial charge in [0, 0.05) is 24.6 Å². The van der Waals surface area contributed by atoms with Crippen molar-refractivity contribution in [2.75, 3.05) is 6.54 Å². The molecule has 3 amide bonds. The Morgan fingerprint density at radius 3 is 2.23 bits per heavy atom. The average molecular weight is 606 g/mol. The van der Waals surface area contributed by atoms with Crippen molar-refractivity contribution in [2.45, 2.75) is 117 Å². The summed E-state index contributed by atoms with van der Waals surface area (Å²) >= 11 is 0. The molecular formula is C36H51N3O5. The van der Waals surface area contributed by atoms with Gasteiger partial charge in [0.25, 0.3) is 0 Å². The number of phenolic OH excluding ortho intramolecular Hbond substituents is 1. The molecule has 3 unspecified atom stereocenters. The van der Waals surface area contributed by atoms with Crippen LogP contribution >= 0.6 is 0 Å². The summed E-state index contributed by atoms with van der Waals surface area (Å²) in [7, 11) is 0. The van der Waals surface area contributed by atoms with E-state index in [2.05, 4.69) is 30.4 Å². The van der Waals surface area contributed by atoms with Crippen LogP contribution < -0.4 is 10.6 Å². The molecule has 0 saturated heterocycles. The Bertz CT molecular complexity index is 1250. The molecule has 3 N–H and O–H groups in total. The molecule has 0 aromatic heterocycles. The van der Waals surface area contributed by atoms with Crippen LogP contribution in [0.1, 0.15) is 109 Å². The number of ether oxygens (including phenoxy) is 1. The van der Waals surface area contributed by atoms with E-state index in [0.717, 1.165) is 44.1 Å². The molecule has 0 aliphatic carbocycles. The first kappa shape index (κ1) is 36.2. The number of hydrogen-bond acceptors (Lipinski definition) is 5. The lowest BCUT2D eigenvalue weighted by Crippen LogP contribution is -2.54. The Hall–Kier alpha value is -3.99. The summed E-state index contributed by atoms with van der Waals surface area (Å²) in [5.41, 5.74) is 1.02. The summed E-state index contributed by atoms with van der Waals surface area (Å²) in [5.74, 6) is 2.04. The number of nitrogens with zero attached hydrogens (tertiary/aromatic N) is 1. The molecule has 8 nitrogen and oxygen atoms in total. The van der Waals surface area contributed by atoms with Crippen molar-refractivity contribution in [3.8, 4) is 18.1 Å². The molecule has 0 fully saturated rings. The van der Waals surface area contributed by atoms with Crippen molar-refractivity contribution in [3.63, 3.8) is 0 Å². The Kier molecular flexibility index (Phi) is 14.8. The van der Waals surface area contributed by atoms with Gasteiger partial charge in [0.05, 0.1) is 0 Å². The lowest BCUT2D eigenvalue weighted by atomic mass is 9.95. The van der Waals surface area contributed by atoms with Crippen molar-refractivity contribution in [1.82, 2.24) is 15.5 Å². The van der Waals surface area contributed by atoms with Gasteiger partial charge >= 0.3 is 6.09 Å². The lowest BCUT2D eigenvalue weighted by molar-refractivity contribution is -0.142. The van der Waals surface area contributed by atoms with Crippen LogP contribution in [0.5, 0.6) is 5.75 Å². The molecule has 8 heteroatoms. The Labute approximate surface area is 263 Å². The third-order valence-electron chi connectivity index (χ3n) is 7.23. The summed E-state index contributed by atoms with van der Waals surface area (Å²) in [6.45, 7) is 11.7. The topological polar surface area (TPSA) is 108 Å². The van der Waals surface area contributed by atoms with E-state index in [0.29, 0.717) is 24.1 Å². The molecule has 0 heterocycles. The van der Waals surface area contributed by atoms with E-state index in [1.807, 2.05) is 19.1 Å². The zero-order chi connectivity index (χ0) is 32.7. The van der Waals surface area contributed by atoms with Gasteiger partial charge < -0.3 is 25.4 Å². The number of rotatable bonds is 16. The van der Waals surface area contributed by atoms with Crippen LogP contribution in [0.15, 0.2) is 48.5 Å². The minimum Gasteiger partial charge on any atom is -0.508 e. The molecule has 0 spiro atoms. The second-order valence-electron chi connectivity index (χ2n) is 12.3. The predicted octanol–water partition coefficient (Wildman–Crippen LogP) is 6.65. The number of phenols is 1. The number of carbonyl (C=O) groups excluding carboxylic acids is 3. The molecule has 0 bridgehead atoms. The van der Waals surface area contributed by atoms with Crippen LogP contribution in [0.3, 0.4) is 0 Å². The zero-order valence-electron chi connectivity index (χ0n) is 27.3. The summed E-state index contributed by atoms with van der Waals surface area (Å²) in [6, 6.07) is 11.5. The number of benzene rings is 2. The third kappa shape index (κ3) is 11.9. The van der Waals surface area contributed by atoms with Crippen LogP contribution in [-0.4, -0.2) is 52.1 Å². The van der Waals surface area contributed by atoms with Gasteiger partial charge in [0.1, 0.15) is 23.4 Å². The first-order valence-electron chi connectivity index (χ1n) is 15.8. The Balaban J connectivity index is 2.62. The fraction of sp³-hybridized carbons (Fsp3) is 0.528.